The summed E-state index contributed by atoms with van der Waals surface area (Å²) in [5.74, 6) is -0.343. The molecule has 1 amide bonds. The molecule has 0 radical (unpaired) electrons. The first-order valence-corrected chi connectivity index (χ1v) is 7.06. The van der Waals surface area contributed by atoms with E-state index in [1.807, 2.05) is 13.8 Å². The molecule has 0 saturated heterocycles. The average Bonchev–Trinajstić information content (AvgIpc) is 2.96. The molecule has 23 heavy (non-hydrogen) atoms. The molecule has 0 spiro atoms. The van der Waals surface area contributed by atoms with Crippen molar-refractivity contribution in [3.05, 3.63) is 47.5 Å². The first-order valence-electron chi connectivity index (χ1n) is 7.06. The van der Waals surface area contributed by atoms with Crippen LogP contribution in [0.4, 0.5) is 13.2 Å². The minimum absolute atomic E-state index is 0.132. The van der Waals surface area contributed by atoms with E-state index in [1.54, 1.807) is 17.8 Å². The van der Waals surface area contributed by atoms with Gasteiger partial charge in [0.05, 0.1) is 17.8 Å². The number of rotatable bonds is 4. The SMILES string of the molecule is CC(C)n1cc(C(=O)N[C@@H](C)c2ccc(C(F)(F)F)nc2)cn1. The summed E-state index contributed by atoms with van der Waals surface area (Å²) < 4.78 is 39.1. The number of pyridine rings is 1. The molecular formula is C15H17F3N4O. The molecule has 1 N–H and O–H groups in total. The van der Waals surface area contributed by atoms with Gasteiger partial charge in [0, 0.05) is 18.4 Å². The van der Waals surface area contributed by atoms with E-state index in [0.29, 0.717) is 11.1 Å². The van der Waals surface area contributed by atoms with E-state index in [9.17, 15) is 18.0 Å². The zero-order chi connectivity index (χ0) is 17.2. The fraction of sp³-hybridized carbons (Fsp3) is 0.400. The van der Waals surface area contributed by atoms with Crippen LogP contribution < -0.4 is 5.32 Å². The molecule has 2 heterocycles. The molecule has 0 fully saturated rings. The second-order valence-corrected chi connectivity index (χ2v) is 5.47. The largest absolute Gasteiger partial charge is 0.433 e. The minimum atomic E-state index is -4.48. The van der Waals surface area contributed by atoms with Crippen LogP contribution in [-0.2, 0) is 6.18 Å². The molecule has 0 aliphatic carbocycles. The first-order chi connectivity index (χ1) is 10.7. The molecule has 124 valence electrons. The van der Waals surface area contributed by atoms with E-state index in [1.165, 1.54) is 12.3 Å². The number of alkyl halides is 3. The topological polar surface area (TPSA) is 59.8 Å². The Morgan fingerprint density at radius 1 is 1.22 bits per heavy atom. The average molecular weight is 326 g/mol. The lowest BCUT2D eigenvalue weighted by atomic mass is 10.1. The summed E-state index contributed by atoms with van der Waals surface area (Å²) in [4.78, 5) is 15.5. The smallest absolute Gasteiger partial charge is 0.345 e. The van der Waals surface area contributed by atoms with Gasteiger partial charge in [0.25, 0.3) is 5.91 Å². The molecule has 5 nitrogen and oxygen atoms in total. The summed E-state index contributed by atoms with van der Waals surface area (Å²) in [6.07, 6.45) is -0.285. The van der Waals surface area contributed by atoms with E-state index in [0.717, 1.165) is 12.3 Å². The van der Waals surface area contributed by atoms with Crippen molar-refractivity contribution in [3.8, 4) is 0 Å². The Morgan fingerprint density at radius 2 is 1.91 bits per heavy atom. The van der Waals surface area contributed by atoms with Gasteiger partial charge in [-0.2, -0.15) is 18.3 Å². The molecule has 0 aromatic carbocycles. The molecule has 0 bridgehead atoms. The van der Waals surface area contributed by atoms with Crippen molar-refractivity contribution in [2.45, 2.75) is 39.0 Å². The van der Waals surface area contributed by atoms with Crippen molar-refractivity contribution < 1.29 is 18.0 Å². The predicted molar refractivity (Wildman–Crippen MR) is 77.7 cm³/mol. The summed E-state index contributed by atoms with van der Waals surface area (Å²) in [5, 5.41) is 6.78. The maximum atomic E-state index is 12.5. The highest BCUT2D eigenvalue weighted by Gasteiger charge is 2.32. The third kappa shape index (κ3) is 4.08. The molecule has 0 saturated carbocycles. The van der Waals surface area contributed by atoms with Gasteiger partial charge in [-0.25, -0.2) is 0 Å². The Bertz CT molecular complexity index is 677. The van der Waals surface area contributed by atoms with Gasteiger partial charge in [-0.05, 0) is 32.4 Å². The third-order valence-electron chi connectivity index (χ3n) is 3.32. The van der Waals surface area contributed by atoms with Gasteiger partial charge in [-0.1, -0.05) is 6.07 Å². The molecule has 1 atom stereocenters. The highest BCUT2D eigenvalue weighted by atomic mass is 19.4. The second kappa shape index (κ2) is 6.39. The highest BCUT2D eigenvalue weighted by Crippen LogP contribution is 2.27. The van der Waals surface area contributed by atoms with E-state index in [-0.39, 0.29) is 11.9 Å². The molecular weight excluding hydrogens is 309 g/mol. The van der Waals surface area contributed by atoms with E-state index in [4.69, 9.17) is 0 Å². The molecule has 0 unspecified atom stereocenters. The number of carbonyl (C=O) groups is 1. The zero-order valence-corrected chi connectivity index (χ0v) is 12.9. The Labute approximate surface area is 131 Å². The van der Waals surface area contributed by atoms with Crippen molar-refractivity contribution in [1.29, 1.82) is 0 Å². The van der Waals surface area contributed by atoms with Crippen LogP contribution in [-0.4, -0.2) is 20.7 Å². The van der Waals surface area contributed by atoms with Gasteiger partial charge in [0.2, 0.25) is 0 Å². The van der Waals surface area contributed by atoms with Crippen LogP contribution in [0.25, 0.3) is 0 Å². The van der Waals surface area contributed by atoms with Crippen molar-refractivity contribution >= 4 is 5.91 Å². The molecule has 0 aliphatic rings. The number of hydrogen-bond donors (Lipinski definition) is 1. The normalized spacial score (nSPS) is 13.2. The fourth-order valence-corrected chi connectivity index (χ4v) is 1.93. The van der Waals surface area contributed by atoms with Gasteiger partial charge < -0.3 is 5.32 Å². The Kier molecular flexibility index (Phi) is 4.72. The van der Waals surface area contributed by atoms with Gasteiger partial charge in [-0.3, -0.25) is 14.5 Å². The standard InChI is InChI=1S/C15H17F3N4O/c1-9(2)22-8-12(7-20-22)14(23)21-10(3)11-4-5-13(19-6-11)15(16,17)18/h4-10H,1-3H3,(H,21,23)/t10-/m0/s1. The van der Waals surface area contributed by atoms with Crippen LogP contribution in [0.2, 0.25) is 0 Å². The summed E-state index contributed by atoms with van der Waals surface area (Å²) >= 11 is 0. The van der Waals surface area contributed by atoms with Crippen molar-refractivity contribution in [2.75, 3.05) is 0 Å². The van der Waals surface area contributed by atoms with Crippen LogP contribution in [0, 0.1) is 0 Å². The molecule has 8 heteroatoms. The number of hydrogen-bond acceptors (Lipinski definition) is 3. The van der Waals surface area contributed by atoms with Gasteiger partial charge in [0.1, 0.15) is 5.69 Å². The van der Waals surface area contributed by atoms with Crippen LogP contribution >= 0.6 is 0 Å². The quantitative estimate of drug-likeness (QED) is 0.937. The Hall–Kier alpha value is -2.38. The van der Waals surface area contributed by atoms with Crippen molar-refractivity contribution in [3.63, 3.8) is 0 Å². The zero-order valence-electron chi connectivity index (χ0n) is 12.9. The van der Waals surface area contributed by atoms with Crippen LogP contribution in [0.3, 0.4) is 0 Å². The number of amides is 1. The van der Waals surface area contributed by atoms with E-state index < -0.39 is 17.9 Å². The van der Waals surface area contributed by atoms with Gasteiger partial charge >= 0.3 is 6.18 Å². The molecule has 2 aromatic rings. The highest BCUT2D eigenvalue weighted by molar-refractivity contribution is 5.93. The maximum absolute atomic E-state index is 12.5. The minimum Gasteiger partial charge on any atom is -0.345 e. The van der Waals surface area contributed by atoms with E-state index in [2.05, 4.69) is 15.4 Å². The summed E-state index contributed by atoms with van der Waals surface area (Å²) in [7, 11) is 0. The number of carbonyl (C=O) groups excluding carboxylic acids is 1. The summed E-state index contributed by atoms with van der Waals surface area (Å²) in [6, 6.07) is 1.86. The van der Waals surface area contributed by atoms with Crippen LogP contribution in [0.15, 0.2) is 30.7 Å². The first kappa shape index (κ1) is 17.0. The number of aromatic nitrogens is 3. The number of nitrogens with one attached hydrogen (secondary N) is 1. The lowest BCUT2D eigenvalue weighted by molar-refractivity contribution is -0.141. The Morgan fingerprint density at radius 3 is 2.39 bits per heavy atom. The van der Waals surface area contributed by atoms with E-state index >= 15 is 0 Å². The van der Waals surface area contributed by atoms with Crippen LogP contribution in [0.5, 0.6) is 0 Å². The number of halogens is 3. The third-order valence-corrected chi connectivity index (χ3v) is 3.32. The molecule has 2 rings (SSSR count). The fourth-order valence-electron chi connectivity index (χ4n) is 1.93. The summed E-state index contributed by atoms with van der Waals surface area (Å²) in [6.45, 7) is 5.55. The predicted octanol–water partition coefficient (Wildman–Crippen LogP) is 3.37. The monoisotopic (exact) mass is 326 g/mol. The van der Waals surface area contributed by atoms with Crippen molar-refractivity contribution in [1.82, 2.24) is 20.1 Å². The lowest BCUT2D eigenvalue weighted by Crippen LogP contribution is -2.26. The lowest BCUT2D eigenvalue weighted by Gasteiger charge is -2.14. The summed E-state index contributed by atoms with van der Waals surface area (Å²) in [5.41, 5.74) is -0.0778. The van der Waals surface area contributed by atoms with Crippen LogP contribution in [0.1, 0.15) is 54.5 Å². The van der Waals surface area contributed by atoms with Gasteiger partial charge in [-0.15, -0.1) is 0 Å². The van der Waals surface area contributed by atoms with Gasteiger partial charge in [0.15, 0.2) is 0 Å². The number of nitrogens with zero attached hydrogens (tertiary/aromatic N) is 3. The molecule has 0 aliphatic heterocycles. The molecule has 2 aromatic heterocycles. The second-order valence-electron chi connectivity index (χ2n) is 5.47. The maximum Gasteiger partial charge on any atom is 0.433 e. The Balaban J connectivity index is 2.05. The van der Waals surface area contributed by atoms with Crippen molar-refractivity contribution in [2.24, 2.45) is 0 Å².